The molecular formula is C8H17N3O3. The molecule has 0 heterocycles. The molecule has 0 unspecified atom stereocenters. The largest absolute Gasteiger partial charge is 0.370 e. The Morgan fingerprint density at radius 1 is 1.36 bits per heavy atom. The zero-order chi connectivity index (χ0) is 10.8. The van der Waals surface area contributed by atoms with Gasteiger partial charge in [-0.3, -0.25) is 9.59 Å². The Balaban J connectivity index is 3.22. The van der Waals surface area contributed by atoms with Crippen LogP contribution in [0.25, 0.3) is 0 Å². The minimum Gasteiger partial charge on any atom is -0.370 e. The highest BCUT2D eigenvalue weighted by Gasteiger charge is 2.00. The van der Waals surface area contributed by atoms with E-state index in [0.29, 0.717) is 26.1 Å². The van der Waals surface area contributed by atoms with E-state index in [-0.39, 0.29) is 24.8 Å². The maximum absolute atomic E-state index is 11.0. The molecule has 0 aromatic rings. The molecule has 0 rings (SSSR count). The zero-order valence-corrected chi connectivity index (χ0v) is 8.12. The van der Waals surface area contributed by atoms with Gasteiger partial charge < -0.3 is 21.5 Å². The van der Waals surface area contributed by atoms with Crippen molar-refractivity contribution >= 4 is 11.8 Å². The highest BCUT2D eigenvalue weighted by atomic mass is 16.5. The Hall–Kier alpha value is -1.14. The number of carbonyl (C=O) groups is 2. The first-order valence-electron chi connectivity index (χ1n) is 4.49. The van der Waals surface area contributed by atoms with Gasteiger partial charge in [0, 0.05) is 19.5 Å². The van der Waals surface area contributed by atoms with Crippen LogP contribution in [0.4, 0.5) is 0 Å². The smallest absolute Gasteiger partial charge is 0.245 e. The summed E-state index contributed by atoms with van der Waals surface area (Å²) in [4.78, 5) is 21.3. The van der Waals surface area contributed by atoms with Crippen LogP contribution in [0.2, 0.25) is 0 Å². The third kappa shape index (κ3) is 8.95. The van der Waals surface area contributed by atoms with Gasteiger partial charge in [0.05, 0.1) is 6.61 Å². The van der Waals surface area contributed by atoms with Crippen molar-refractivity contribution in [2.24, 2.45) is 11.5 Å². The Labute approximate surface area is 83.0 Å². The van der Waals surface area contributed by atoms with Gasteiger partial charge in [0.2, 0.25) is 11.8 Å². The van der Waals surface area contributed by atoms with E-state index in [9.17, 15) is 9.59 Å². The number of rotatable bonds is 8. The van der Waals surface area contributed by atoms with Crippen molar-refractivity contribution in [3.05, 3.63) is 0 Å². The SMILES string of the molecule is NCCOCC(=O)NCCCC(N)=O. The van der Waals surface area contributed by atoms with Crippen LogP contribution in [0.1, 0.15) is 12.8 Å². The van der Waals surface area contributed by atoms with Gasteiger partial charge >= 0.3 is 0 Å². The van der Waals surface area contributed by atoms with Crippen LogP contribution < -0.4 is 16.8 Å². The summed E-state index contributed by atoms with van der Waals surface area (Å²) in [5.74, 6) is -0.568. The summed E-state index contributed by atoms with van der Waals surface area (Å²) in [6, 6.07) is 0. The second-order valence-corrected chi connectivity index (χ2v) is 2.76. The summed E-state index contributed by atoms with van der Waals surface area (Å²) in [6.45, 7) is 1.21. The maximum Gasteiger partial charge on any atom is 0.245 e. The molecular weight excluding hydrogens is 186 g/mol. The van der Waals surface area contributed by atoms with Crippen LogP contribution in [-0.4, -0.2) is 38.1 Å². The molecule has 0 atom stereocenters. The van der Waals surface area contributed by atoms with Crippen molar-refractivity contribution in [3.8, 4) is 0 Å². The van der Waals surface area contributed by atoms with E-state index in [2.05, 4.69) is 5.32 Å². The quantitative estimate of drug-likeness (QED) is 0.410. The molecule has 0 spiro atoms. The Kier molecular flexibility index (Phi) is 7.77. The van der Waals surface area contributed by atoms with Crippen LogP contribution in [-0.2, 0) is 14.3 Å². The summed E-state index contributed by atoms with van der Waals surface area (Å²) in [5, 5.41) is 2.58. The Bertz CT molecular complexity index is 185. The summed E-state index contributed by atoms with van der Waals surface area (Å²) >= 11 is 0. The lowest BCUT2D eigenvalue weighted by Crippen LogP contribution is -2.29. The molecule has 0 aliphatic rings. The van der Waals surface area contributed by atoms with Crippen molar-refractivity contribution in [1.29, 1.82) is 0 Å². The van der Waals surface area contributed by atoms with Crippen LogP contribution in [0.5, 0.6) is 0 Å². The Morgan fingerprint density at radius 3 is 2.64 bits per heavy atom. The standard InChI is InChI=1S/C8H17N3O3/c9-3-5-14-6-8(13)11-4-1-2-7(10)12/h1-6,9H2,(H2,10,12)(H,11,13). The van der Waals surface area contributed by atoms with E-state index < -0.39 is 0 Å². The highest BCUT2D eigenvalue weighted by molar-refractivity contribution is 5.77. The van der Waals surface area contributed by atoms with Crippen molar-refractivity contribution in [1.82, 2.24) is 5.32 Å². The molecule has 0 bridgehead atoms. The third-order valence-corrected chi connectivity index (χ3v) is 1.42. The first kappa shape index (κ1) is 12.9. The number of primary amides is 1. The maximum atomic E-state index is 11.0. The van der Waals surface area contributed by atoms with Crippen LogP contribution in [0.15, 0.2) is 0 Å². The van der Waals surface area contributed by atoms with Gasteiger partial charge in [0.15, 0.2) is 0 Å². The fraction of sp³-hybridized carbons (Fsp3) is 0.750. The fourth-order valence-corrected chi connectivity index (χ4v) is 0.790. The van der Waals surface area contributed by atoms with E-state index in [1.165, 1.54) is 0 Å². The second kappa shape index (κ2) is 8.46. The molecule has 0 aliphatic carbocycles. The predicted molar refractivity (Wildman–Crippen MR) is 51.3 cm³/mol. The zero-order valence-electron chi connectivity index (χ0n) is 8.12. The minimum absolute atomic E-state index is 0.00771. The van der Waals surface area contributed by atoms with Gasteiger partial charge in [-0.05, 0) is 6.42 Å². The molecule has 0 saturated heterocycles. The number of hydrogen-bond donors (Lipinski definition) is 3. The van der Waals surface area contributed by atoms with Crippen LogP contribution in [0.3, 0.4) is 0 Å². The van der Waals surface area contributed by atoms with Crippen LogP contribution in [0, 0.1) is 0 Å². The van der Waals surface area contributed by atoms with Gasteiger partial charge in [0.1, 0.15) is 6.61 Å². The summed E-state index contributed by atoms with van der Waals surface area (Å²) < 4.78 is 4.89. The van der Waals surface area contributed by atoms with Gasteiger partial charge in [-0.15, -0.1) is 0 Å². The number of nitrogens with two attached hydrogens (primary N) is 2. The predicted octanol–water partition coefficient (Wildman–Crippen LogP) is -1.66. The molecule has 0 aromatic heterocycles. The summed E-state index contributed by atoms with van der Waals surface area (Å²) in [5.41, 5.74) is 10.1. The fourth-order valence-electron chi connectivity index (χ4n) is 0.790. The van der Waals surface area contributed by atoms with Gasteiger partial charge in [-0.2, -0.15) is 0 Å². The van der Waals surface area contributed by atoms with Crippen molar-refractivity contribution < 1.29 is 14.3 Å². The number of ether oxygens (including phenoxy) is 1. The average Bonchev–Trinajstić information content (AvgIpc) is 2.13. The van der Waals surface area contributed by atoms with Gasteiger partial charge in [-0.1, -0.05) is 0 Å². The first-order valence-corrected chi connectivity index (χ1v) is 4.49. The average molecular weight is 203 g/mol. The number of hydrogen-bond acceptors (Lipinski definition) is 4. The van der Waals surface area contributed by atoms with E-state index in [1.54, 1.807) is 0 Å². The molecule has 0 radical (unpaired) electrons. The monoisotopic (exact) mass is 203 g/mol. The molecule has 0 saturated carbocycles. The lowest BCUT2D eigenvalue weighted by Gasteiger charge is -2.04. The number of amides is 2. The lowest BCUT2D eigenvalue weighted by atomic mass is 10.3. The van der Waals surface area contributed by atoms with Crippen molar-refractivity contribution in [3.63, 3.8) is 0 Å². The summed E-state index contributed by atoms with van der Waals surface area (Å²) in [6.07, 6.45) is 0.835. The molecule has 6 heteroatoms. The molecule has 0 aromatic carbocycles. The molecule has 82 valence electrons. The van der Waals surface area contributed by atoms with E-state index in [0.717, 1.165) is 0 Å². The topological polar surface area (TPSA) is 107 Å². The molecule has 0 aliphatic heterocycles. The molecule has 14 heavy (non-hydrogen) atoms. The lowest BCUT2D eigenvalue weighted by molar-refractivity contribution is -0.125. The van der Waals surface area contributed by atoms with E-state index in [4.69, 9.17) is 16.2 Å². The molecule has 6 nitrogen and oxygen atoms in total. The minimum atomic E-state index is -0.362. The summed E-state index contributed by atoms with van der Waals surface area (Å²) in [7, 11) is 0. The second-order valence-electron chi connectivity index (χ2n) is 2.76. The van der Waals surface area contributed by atoms with Crippen molar-refractivity contribution in [2.75, 3.05) is 26.3 Å². The van der Waals surface area contributed by atoms with Gasteiger partial charge in [0.25, 0.3) is 0 Å². The first-order chi connectivity index (χ1) is 6.66. The molecule has 0 fully saturated rings. The van der Waals surface area contributed by atoms with E-state index >= 15 is 0 Å². The molecule has 2 amide bonds. The van der Waals surface area contributed by atoms with E-state index in [1.807, 2.05) is 0 Å². The third-order valence-electron chi connectivity index (χ3n) is 1.42. The van der Waals surface area contributed by atoms with Gasteiger partial charge in [-0.25, -0.2) is 0 Å². The number of nitrogens with one attached hydrogen (secondary N) is 1. The molecule has 5 N–H and O–H groups in total. The van der Waals surface area contributed by atoms with Crippen LogP contribution >= 0.6 is 0 Å². The number of carbonyl (C=O) groups excluding carboxylic acids is 2. The Morgan fingerprint density at radius 2 is 2.07 bits per heavy atom. The van der Waals surface area contributed by atoms with Crippen molar-refractivity contribution in [2.45, 2.75) is 12.8 Å². The highest BCUT2D eigenvalue weighted by Crippen LogP contribution is 1.84. The normalized spacial score (nSPS) is 9.79.